The molecule has 2 saturated heterocycles. The number of imide groups is 1. The van der Waals surface area contributed by atoms with Crippen molar-refractivity contribution < 1.29 is 27.6 Å². The number of alkyl halides is 3. The summed E-state index contributed by atoms with van der Waals surface area (Å²) in [6.45, 7) is 5.37. The fourth-order valence-electron chi connectivity index (χ4n) is 4.28. The molecule has 4 rings (SSSR count). The van der Waals surface area contributed by atoms with Gasteiger partial charge in [-0.3, -0.25) is 14.5 Å². The largest absolute Gasteiger partial charge is 0.446 e. The van der Waals surface area contributed by atoms with E-state index in [0.29, 0.717) is 11.4 Å². The van der Waals surface area contributed by atoms with Gasteiger partial charge in [-0.1, -0.05) is 0 Å². The average molecular weight is 522 g/mol. The second kappa shape index (κ2) is 10.1. The van der Waals surface area contributed by atoms with Crippen LogP contribution in [0.3, 0.4) is 0 Å². The zero-order chi connectivity index (χ0) is 26.1. The third-order valence-corrected chi connectivity index (χ3v) is 6.89. The lowest BCUT2D eigenvalue weighted by Gasteiger charge is -2.27. The first-order valence-electron chi connectivity index (χ1n) is 11.4. The number of aromatic nitrogens is 1. The maximum atomic E-state index is 13.3. The number of anilines is 2. The van der Waals surface area contributed by atoms with Gasteiger partial charge in [-0.25, -0.2) is 14.7 Å². The molecule has 2 aliphatic rings. The van der Waals surface area contributed by atoms with E-state index in [1.807, 2.05) is 0 Å². The van der Waals surface area contributed by atoms with Crippen LogP contribution >= 0.6 is 11.8 Å². The number of urea groups is 1. The minimum Gasteiger partial charge on any atom is -0.310 e. The molecule has 1 aromatic heterocycles. The Hall–Kier alpha value is -3.12. The summed E-state index contributed by atoms with van der Waals surface area (Å²) in [5.74, 6) is -0.313. The number of nitrogens with zero attached hydrogens (tertiary/aromatic N) is 4. The van der Waals surface area contributed by atoms with E-state index >= 15 is 0 Å². The van der Waals surface area contributed by atoms with Gasteiger partial charge in [0.05, 0.1) is 12.2 Å². The lowest BCUT2D eigenvalue weighted by Crippen LogP contribution is -2.43. The first-order valence-corrected chi connectivity index (χ1v) is 12.2. The van der Waals surface area contributed by atoms with Crippen molar-refractivity contribution >= 4 is 41.1 Å². The van der Waals surface area contributed by atoms with E-state index in [9.17, 15) is 27.6 Å². The molecule has 2 aliphatic heterocycles. The summed E-state index contributed by atoms with van der Waals surface area (Å²) in [6.07, 6.45) is 3.67. The lowest BCUT2D eigenvalue weighted by atomic mass is 10.0. The molecule has 12 heteroatoms. The van der Waals surface area contributed by atoms with Crippen LogP contribution in [0.5, 0.6) is 0 Å². The molecule has 0 unspecified atom stereocenters. The summed E-state index contributed by atoms with van der Waals surface area (Å²) >= 11 is -0.268. The zero-order valence-corrected chi connectivity index (χ0v) is 20.7. The van der Waals surface area contributed by atoms with Gasteiger partial charge >= 0.3 is 11.5 Å². The number of thioether (sulfide) groups is 1. The molecule has 0 aliphatic carbocycles. The Morgan fingerprint density at radius 1 is 1.11 bits per heavy atom. The van der Waals surface area contributed by atoms with Gasteiger partial charge < -0.3 is 10.2 Å². The van der Waals surface area contributed by atoms with Gasteiger partial charge in [0.25, 0.3) is 5.91 Å². The third kappa shape index (κ3) is 5.81. The molecule has 192 valence electrons. The Morgan fingerprint density at radius 2 is 1.78 bits per heavy atom. The number of likely N-dealkylation sites (tertiary alicyclic amines) is 1. The van der Waals surface area contributed by atoms with Crippen molar-refractivity contribution in [3.05, 3.63) is 48.2 Å². The van der Waals surface area contributed by atoms with Crippen LogP contribution in [0.15, 0.2) is 47.5 Å². The van der Waals surface area contributed by atoms with E-state index in [0.717, 1.165) is 30.8 Å². The third-order valence-electron chi connectivity index (χ3n) is 6.15. The Bertz CT molecular complexity index is 1150. The first-order chi connectivity index (χ1) is 16.9. The maximum Gasteiger partial charge on any atom is 0.446 e. The average Bonchev–Trinajstić information content (AvgIpc) is 3.35. The SMILES string of the molecule is CC1(C)C(=O)N(c2ccc(SC(F)(F)F)cc2)C(=O)N1Cc1ccnc(NC(=O)CN2CCCC2)c1. The summed E-state index contributed by atoms with van der Waals surface area (Å²) < 4.78 is 37.9. The van der Waals surface area contributed by atoms with Crippen LogP contribution in [-0.4, -0.2) is 63.3 Å². The summed E-state index contributed by atoms with van der Waals surface area (Å²) in [4.78, 5) is 47.3. The van der Waals surface area contributed by atoms with Crippen molar-refractivity contribution in [1.82, 2.24) is 14.8 Å². The van der Waals surface area contributed by atoms with Gasteiger partial charge in [0.1, 0.15) is 11.4 Å². The molecule has 3 heterocycles. The van der Waals surface area contributed by atoms with Crippen molar-refractivity contribution in [2.24, 2.45) is 0 Å². The molecule has 0 radical (unpaired) electrons. The Balaban J connectivity index is 1.47. The summed E-state index contributed by atoms with van der Waals surface area (Å²) in [7, 11) is 0. The molecule has 1 N–H and O–H groups in total. The summed E-state index contributed by atoms with van der Waals surface area (Å²) in [6, 6.07) is 7.86. The molecule has 1 aromatic carbocycles. The van der Waals surface area contributed by atoms with Gasteiger partial charge in [-0.05, 0) is 93.5 Å². The van der Waals surface area contributed by atoms with E-state index in [1.54, 1.807) is 26.0 Å². The monoisotopic (exact) mass is 521 g/mol. The summed E-state index contributed by atoms with van der Waals surface area (Å²) in [5, 5.41) is 2.78. The molecule has 36 heavy (non-hydrogen) atoms. The van der Waals surface area contributed by atoms with Crippen molar-refractivity contribution in [2.75, 3.05) is 29.9 Å². The molecule has 4 amide bonds. The summed E-state index contributed by atoms with van der Waals surface area (Å²) in [5.41, 5.74) is -4.78. The van der Waals surface area contributed by atoms with Crippen LogP contribution in [0.2, 0.25) is 0 Å². The molecule has 2 fully saturated rings. The van der Waals surface area contributed by atoms with Crippen molar-refractivity contribution in [3.63, 3.8) is 0 Å². The minimum absolute atomic E-state index is 0.0439. The molecule has 0 spiro atoms. The van der Waals surface area contributed by atoms with E-state index in [1.165, 1.54) is 35.4 Å². The van der Waals surface area contributed by atoms with Crippen molar-refractivity contribution in [3.8, 4) is 0 Å². The number of rotatable bonds is 7. The number of pyridine rings is 1. The Morgan fingerprint density at radius 3 is 2.42 bits per heavy atom. The smallest absolute Gasteiger partial charge is 0.310 e. The van der Waals surface area contributed by atoms with E-state index in [2.05, 4.69) is 15.2 Å². The fraction of sp³-hybridized carbons (Fsp3) is 0.417. The normalized spacial score (nSPS) is 18.2. The van der Waals surface area contributed by atoms with Gasteiger partial charge in [0.2, 0.25) is 5.91 Å². The maximum absolute atomic E-state index is 13.3. The number of carbonyl (C=O) groups is 3. The van der Waals surface area contributed by atoms with Crippen LogP contribution in [0, 0.1) is 0 Å². The number of hydrogen-bond donors (Lipinski definition) is 1. The predicted molar refractivity (Wildman–Crippen MR) is 129 cm³/mol. The lowest BCUT2D eigenvalue weighted by molar-refractivity contribution is -0.123. The number of carbonyl (C=O) groups excluding carboxylic acids is 3. The van der Waals surface area contributed by atoms with Crippen LogP contribution in [-0.2, 0) is 16.1 Å². The second-order valence-electron chi connectivity index (χ2n) is 9.19. The highest BCUT2D eigenvalue weighted by molar-refractivity contribution is 8.00. The molecule has 0 atom stereocenters. The Kier molecular flexibility index (Phi) is 7.28. The number of benzene rings is 1. The standard InChI is InChI=1S/C24H26F3N5O3S/c1-23(2)21(34)32(17-5-7-18(8-6-17)36-24(25,26)27)22(35)31(23)14-16-9-10-28-19(13-16)29-20(33)15-30-11-3-4-12-30/h5-10,13H,3-4,11-12,14-15H2,1-2H3,(H,28,29,33). The van der Waals surface area contributed by atoms with Crippen LogP contribution in [0.1, 0.15) is 32.3 Å². The predicted octanol–water partition coefficient (Wildman–Crippen LogP) is 4.48. The minimum atomic E-state index is -4.43. The molecular formula is C24H26F3N5O3S. The molecule has 0 bridgehead atoms. The second-order valence-corrected chi connectivity index (χ2v) is 10.3. The first kappa shape index (κ1) is 26.0. The van der Waals surface area contributed by atoms with E-state index in [-0.39, 0.29) is 41.3 Å². The molecular weight excluding hydrogens is 495 g/mol. The number of amides is 4. The molecule has 0 saturated carbocycles. The number of halogens is 3. The highest BCUT2D eigenvalue weighted by Gasteiger charge is 2.51. The molecule has 8 nitrogen and oxygen atoms in total. The van der Waals surface area contributed by atoms with E-state index in [4.69, 9.17) is 0 Å². The Labute approximate surface area is 210 Å². The van der Waals surface area contributed by atoms with Crippen molar-refractivity contribution in [1.29, 1.82) is 0 Å². The van der Waals surface area contributed by atoms with E-state index < -0.39 is 23.0 Å². The zero-order valence-electron chi connectivity index (χ0n) is 19.8. The quantitative estimate of drug-likeness (QED) is 0.427. The highest BCUT2D eigenvalue weighted by atomic mass is 32.2. The van der Waals surface area contributed by atoms with Gasteiger partial charge in [-0.15, -0.1) is 0 Å². The van der Waals surface area contributed by atoms with Gasteiger partial charge in [-0.2, -0.15) is 13.2 Å². The topological polar surface area (TPSA) is 85.9 Å². The number of hydrogen-bond acceptors (Lipinski definition) is 6. The van der Waals surface area contributed by atoms with Crippen LogP contribution in [0.25, 0.3) is 0 Å². The fourth-order valence-corrected chi connectivity index (χ4v) is 4.81. The van der Waals surface area contributed by atoms with Gasteiger partial charge in [0, 0.05) is 17.6 Å². The van der Waals surface area contributed by atoms with Crippen LogP contribution in [0.4, 0.5) is 29.5 Å². The van der Waals surface area contributed by atoms with Crippen LogP contribution < -0.4 is 10.2 Å². The highest BCUT2D eigenvalue weighted by Crippen LogP contribution is 2.39. The van der Waals surface area contributed by atoms with Gasteiger partial charge in [0.15, 0.2) is 0 Å². The van der Waals surface area contributed by atoms with Crippen molar-refractivity contribution in [2.45, 2.75) is 49.2 Å². The number of nitrogens with one attached hydrogen (secondary N) is 1. The molecule has 2 aromatic rings.